The third kappa shape index (κ3) is 8.99. The minimum atomic E-state index is -5.05. The van der Waals surface area contributed by atoms with Crippen molar-refractivity contribution in [3.63, 3.8) is 0 Å². The van der Waals surface area contributed by atoms with Gasteiger partial charge in [0.15, 0.2) is 9.84 Å². The van der Waals surface area contributed by atoms with Crippen LogP contribution in [-0.2, 0) is 59.4 Å². The average molecular weight is 821 g/mol. The summed E-state index contributed by atoms with van der Waals surface area (Å²) in [6, 6.07) is 11.6. The molecule has 8 N–H and O–H groups in total. The molecule has 2 aliphatic heterocycles. The monoisotopic (exact) mass is 820 g/mol. The molecule has 1 aromatic heterocycles. The van der Waals surface area contributed by atoms with Gasteiger partial charge in [-0.2, -0.15) is 0 Å². The Morgan fingerprint density at radius 2 is 1.70 bits per heavy atom. The normalized spacial score (nSPS) is 17.1. The molecule has 17 nitrogen and oxygen atoms in total. The standard InChI is InChI=1S/C38H41N6O11PS/c1-3-20-14-22-6-11-29(43-35(47)30-17-24-16-23(7-10-27(24)41-30)38(50)56(51,52)53)37(49)44-31(18-25(15-20)33(22)44)36(48)42-28(12-13-32(39)45)34(46)40-19-21-4-8-26(9-5-21)57(2,54)55/h4-5,7-10,14-17,28-29,31,41H,3,6,11-13,18-19H2,1-2H3,(H2,39,45)(H,40,46)(H,42,48)(H,43,47)(H2,51,52,53)/t28-,29-,31-/m0/s1. The van der Waals surface area contributed by atoms with Crippen LogP contribution in [0.15, 0.2) is 65.6 Å². The number of hydrogen-bond acceptors (Lipinski definition) is 9. The minimum Gasteiger partial charge on any atom is -0.370 e. The first-order chi connectivity index (χ1) is 26.8. The second-order valence-corrected chi connectivity index (χ2v) is 17.7. The highest BCUT2D eigenvalue weighted by molar-refractivity contribution is 7.90. The maximum Gasteiger partial charge on any atom is 0.396 e. The quantitative estimate of drug-likeness (QED) is 0.0896. The zero-order chi connectivity index (χ0) is 41.4. The second kappa shape index (κ2) is 16.1. The number of primary amides is 1. The number of sulfone groups is 1. The Kier molecular flexibility index (Phi) is 11.5. The van der Waals surface area contributed by atoms with Crippen molar-refractivity contribution < 1.29 is 51.5 Å². The molecule has 57 heavy (non-hydrogen) atoms. The number of aromatic amines is 1. The highest BCUT2D eigenvalue weighted by atomic mass is 32.2. The van der Waals surface area contributed by atoms with Crippen LogP contribution in [0.2, 0.25) is 0 Å². The molecule has 6 rings (SSSR count). The summed E-state index contributed by atoms with van der Waals surface area (Å²) in [6.07, 6.45) is 2.06. The number of H-pyrrole nitrogens is 1. The highest BCUT2D eigenvalue weighted by Gasteiger charge is 2.45. The van der Waals surface area contributed by atoms with E-state index in [0.29, 0.717) is 35.0 Å². The van der Waals surface area contributed by atoms with Gasteiger partial charge in [0.1, 0.15) is 23.8 Å². The number of aryl methyl sites for hydroxylation is 2. The van der Waals surface area contributed by atoms with Crippen molar-refractivity contribution in [1.82, 2.24) is 20.9 Å². The van der Waals surface area contributed by atoms with Gasteiger partial charge >= 0.3 is 7.60 Å². The Bertz CT molecular complexity index is 2480. The van der Waals surface area contributed by atoms with Gasteiger partial charge in [0.05, 0.1) is 10.6 Å². The lowest BCUT2D eigenvalue weighted by Crippen LogP contribution is -2.57. The zero-order valence-corrected chi connectivity index (χ0v) is 32.6. The third-order valence-corrected chi connectivity index (χ3v) is 12.0. The van der Waals surface area contributed by atoms with Gasteiger partial charge in [-0.05, 0) is 84.3 Å². The number of nitrogens with one attached hydrogen (secondary N) is 4. The lowest BCUT2D eigenvalue weighted by atomic mass is 9.97. The van der Waals surface area contributed by atoms with Crippen molar-refractivity contribution in [2.45, 2.75) is 75.0 Å². The molecule has 4 aromatic rings. The fraction of sp³-hybridized carbons (Fsp3) is 0.316. The van der Waals surface area contributed by atoms with Gasteiger partial charge in [0.2, 0.25) is 23.6 Å². The van der Waals surface area contributed by atoms with Gasteiger partial charge in [-0.25, -0.2) is 8.42 Å². The summed E-state index contributed by atoms with van der Waals surface area (Å²) in [5, 5.41) is 8.50. The van der Waals surface area contributed by atoms with Crippen molar-refractivity contribution in [3.05, 3.63) is 94.2 Å². The van der Waals surface area contributed by atoms with E-state index < -0.39 is 70.6 Å². The summed E-state index contributed by atoms with van der Waals surface area (Å²) >= 11 is 0. The number of nitrogens with two attached hydrogens (primary N) is 1. The topological polar surface area (TPSA) is 275 Å². The molecule has 0 radical (unpaired) electrons. The number of nitrogens with zero attached hydrogens (tertiary/aromatic N) is 1. The maximum absolute atomic E-state index is 14.4. The van der Waals surface area contributed by atoms with Crippen molar-refractivity contribution in [2.24, 2.45) is 5.73 Å². The molecule has 0 bridgehead atoms. The molecule has 3 heterocycles. The van der Waals surface area contributed by atoms with Crippen LogP contribution in [0.5, 0.6) is 0 Å². The molecule has 3 aromatic carbocycles. The molecule has 0 spiro atoms. The van der Waals surface area contributed by atoms with Gasteiger partial charge < -0.3 is 36.5 Å². The Labute approximate surface area is 326 Å². The molecular formula is C38H41N6O11PS. The molecule has 0 saturated heterocycles. The lowest BCUT2D eigenvalue weighted by Gasteiger charge is -2.29. The van der Waals surface area contributed by atoms with Gasteiger partial charge in [0.25, 0.3) is 11.4 Å². The van der Waals surface area contributed by atoms with Crippen LogP contribution in [0.3, 0.4) is 0 Å². The van der Waals surface area contributed by atoms with Crippen LogP contribution in [0.4, 0.5) is 5.69 Å². The zero-order valence-electron chi connectivity index (χ0n) is 30.9. The van der Waals surface area contributed by atoms with Gasteiger partial charge in [-0.3, -0.25) is 38.2 Å². The van der Waals surface area contributed by atoms with E-state index in [2.05, 4.69) is 20.9 Å². The summed E-state index contributed by atoms with van der Waals surface area (Å²) in [7, 11) is -8.48. The predicted molar refractivity (Wildman–Crippen MR) is 207 cm³/mol. The number of hydrogen-bond donors (Lipinski definition) is 7. The number of rotatable bonds is 14. The predicted octanol–water partition coefficient (Wildman–Crippen LogP) is 1.52. The molecular weight excluding hydrogens is 779 g/mol. The highest BCUT2D eigenvalue weighted by Crippen LogP contribution is 2.41. The molecule has 3 atom stereocenters. The maximum atomic E-state index is 14.4. The van der Waals surface area contributed by atoms with E-state index in [0.717, 1.165) is 22.9 Å². The lowest BCUT2D eigenvalue weighted by molar-refractivity contribution is -0.131. The number of carbonyl (C=O) groups excluding carboxylic acids is 6. The molecule has 0 unspecified atom stereocenters. The van der Waals surface area contributed by atoms with E-state index in [1.807, 2.05) is 19.1 Å². The Balaban J connectivity index is 1.22. The SMILES string of the molecule is CCc1cc2c3c(c1)C[C@@H](C(=O)N[C@@H](CCC(N)=O)C(=O)NCc1ccc(S(C)(=O)=O)cc1)N3C(=O)[C@@H](NC(=O)c1cc3cc(C(=O)P(=O)(O)O)ccc3[nH]1)CC2. The fourth-order valence-electron chi connectivity index (χ4n) is 7.13. The van der Waals surface area contributed by atoms with Gasteiger partial charge in [-0.1, -0.05) is 31.2 Å². The van der Waals surface area contributed by atoms with E-state index in [1.165, 1.54) is 53.4 Å². The van der Waals surface area contributed by atoms with Crippen LogP contribution >= 0.6 is 7.60 Å². The number of carbonyl (C=O) groups is 6. The Morgan fingerprint density at radius 1 is 1.00 bits per heavy atom. The Morgan fingerprint density at radius 3 is 2.35 bits per heavy atom. The number of benzene rings is 3. The van der Waals surface area contributed by atoms with Gasteiger partial charge in [-0.15, -0.1) is 0 Å². The summed E-state index contributed by atoms with van der Waals surface area (Å²) in [5.74, 6) is -3.25. The molecule has 300 valence electrons. The fourth-order valence-corrected chi connectivity index (χ4v) is 8.23. The molecule has 2 aliphatic rings. The largest absolute Gasteiger partial charge is 0.396 e. The summed E-state index contributed by atoms with van der Waals surface area (Å²) in [4.78, 5) is 102. The number of fused-ring (bicyclic) bond motifs is 1. The van der Waals surface area contributed by atoms with E-state index in [4.69, 9.17) is 5.73 Å². The molecule has 0 saturated carbocycles. The van der Waals surface area contributed by atoms with Crippen LogP contribution in [0, 0.1) is 0 Å². The molecule has 0 aliphatic carbocycles. The smallest absolute Gasteiger partial charge is 0.370 e. The van der Waals surface area contributed by atoms with Crippen molar-refractivity contribution in [2.75, 3.05) is 11.2 Å². The number of anilines is 1. The van der Waals surface area contributed by atoms with E-state index in [-0.39, 0.29) is 48.4 Å². The van der Waals surface area contributed by atoms with Crippen LogP contribution < -0.4 is 26.6 Å². The number of aromatic nitrogens is 1. The van der Waals surface area contributed by atoms with Crippen LogP contribution in [0.1, 0.15) is 69.3 Å². The van der Waals surface area contributed by atoms with E-state index in [9.17, 15) is 51.5 Å². The summed E-state index contributed by atoms with van der Waals surface area (Å²) in [6.45, 7) is 1.96. The van der Waals surface area contributed by atoms with Crippen molar-refractivity contribution in [3.8, 4) is 0 Å². The third-order valence-electron chi connectivity index (χ3n) is 10.1. The van der Waals surface area contributed by atoms with Crippen molar-refractivity contribution in [1.29, 1.82) is 0 Å². The minimum absolute atomic E-state index is 0.0136. The summed E-state index contributed by atoms with van der Waals surface area (Å²) < 4.78 is 35.2. The van der Waals surface area contributed by atoms with Crippen LogP contribution in [0.25, 0.3) is 10.9 Å². The number of amides is 5. The first-order valence-electron chi connectivity index (χ1n) is 18.0. The molecule has 0 fully saturated rings. The first-order valence-corrected chi connectivity index (χ1v) is 21.5. The van der Waals surface area contributed by atoms with Crippen LogP contribution in [-0.4, -0.2) is 82.6 Å². The molecule has 5 amide bonds. The molecule has 19 heteroatoms. The average Bonchev–Trinajstić information content (AvgIpc) is 3.74. The summed E-state index contributed by atoms with van der Waals surface area (Å²) in [5.41, 5.74) is 7.86. The van der Waals surface area contributed by atoms with E-state index >= 15 is 0 Å². The second-order valence-electron chi connectivity index (χ2n) is 14.1. The van der Waals surface area contributed by atoms with E-state index in [1.54, 1.807) is 0 Å². The Hall–Kier alpha value is -5.68. The first kappa shape index (κ1) is 41.0. The van der Waals surface area contributed by atoms with Crippen molar-refractivity contribution >= 4 is 69.1 Å². The van der Waals surface area contributed by atoms with Gasteiger partial charge in [0, 0.05) is 42.1 Å².